The second-order valence-corrected chi connectivity index (χ2v) is 7.25. The van der Waals surface area contributed by atoms with E-state index in [2.05, 4.69) is 9.97 Å². The standard InChI is InChI=1S/2C7H5NS2.Cu/c2*9-7-8-5-3-1-2-4-6(5)10-7;/h2*1-4H,(H,8,9);/q;;+2/p-2. The predicted molar refractivity (Wildman–Crippen MR) is 90.5 cm³/mol. The molecule has 2 aromatic heterocycles. The van der Waals surface area contributed by atoms with Gasteiger partial charge < -0.3 is 47.9 Å². The average Bonchev–Trinajstić information content (AvgIpc) is 2.99. The minimum absolute atomic E-state index is 0. The monoisotopic (exact) mass is 395 g/mol. The Morgan fingerprint density at radius 3 is 1.43 bits per heavy atom. The number of aromatic nitrogens is 2. The molecule has 1 radical (unpaired) electrons. The molecule has 4 rings (SSSR count). The summed E-state index contributed by atoms with van der Waals surface area (Å²) in [6, 6.07) is 15.9. The average molecular weight is 396 g/mol. The molecule has 0 saturated heterocycles. The largest absolute Gasteiger partial charge is 2.00 e. The van der Waals surface area contributed by atoms with Crippen LogP contribution in [0.1, 0.15) is 0 Å². The van der Waals surface area contributed by atoms with Gasteiger partial charge in [-0.2, -0.15) is 0 Å². The fraction of sp³-hybridized carbons (Fsp3) is 0. The molecule has 0 unspecified atom stereocenters. The number of benzene rings is 2. The molecule has 0 fully saturated rings. The predicted octanol–water partition coefficient (Wildman–Crippen LogP) is 4.40. The van der Waals surface area contributed by atoms with E-state index in [0.717, 1.165) is 19.7 Å². The summed E-state index contributed by atoms with van der Waals surface area (Å²) >= 11 is 13.0. The van der Waals surface area contributed by atoms with Crippen LogP contribution in [-0.4, -0.2) is 9.97 Å². The summed E-state index contributed by atoms with van der Waals surface area (Å²) in [6.45, 7) is 0. The molecule has 0 aliphatic heterocycles. The van der Waals surface area contributed by atoms with Crippen molar-refractivity contribution >= 4 is 68.4 Å². The Morgan fingerprint density at radius 1 is 0.667 bits per heavy atom. The van der Waals surface area contributed by atoms with Crippen LogP contribution in [0, 0.1) is 0 Å². The van der Waals surface area contributed by atoms with Gasteiger partial charge in [0.15, 0.2) is 0 Å². The Labute approximate surface area is 151 Å². The maximum absolute atomic E-state index is 4.92. The van der Waals surface area contributed by atoms with Gasteiger partial charge in [0.1, 0.15) is 0 Å². The first-order valence-corrected chi connectivity index (χ1v) is 8.22. The molecule has 0 N–H and O–H groups in total. The zero-order valence-corrected chi connectivity index (χ0v) is 14.7. The third-order valence-electron chi connectivity index (χ3n) is 2.55. The molecule has 21 heavy (non-hydrogen) atoms. The molecule has 0 bridgehead atoms. The van der Waals surface area contributed by atoms with Gasteiger partial charge in [-0.15, -0.1) is 0 Å². The second-order valence-electron chi connectivity index (χ2n) is 3.89. The minimum Gasteiger partial charge on any atom is -0.408 e. The van der Waals surface area contributed by atoms with Crippen molar-refractivity contribution in [3.63, 3.8) is 0 Å². The summed E-state index contributed by atoms with van der Waals surface area (Å²) in [7, 11) is 0. The zero-order chi connectivity index (χ0) is 13.9. The van der Waals surface area contributed by atoms with Gasteiger partial charge in [-0.25, -0.2) is 0 Å². The van der Waals surface area contributed by atoms with Crippen molar-refractivity contribution in [2.75, 3.05) is 0 Å². The molecule has 0 spiro atoms. The minimum atomic E-state index is 0. The normalized spacial score (nSPS) is 9.90. The molecular formula is C14H8CuN2S4. The summed E-state index contributed by atoms with van der Waals surface area (Å²) < 4.78 is 3.79. The summed E-state index contributed by atoms with van der Waals surface area (Å²) in [5.74, 6) is 0. The smallest absolute Gasteiger partial charge is 0.408 e. The van der Waals surface area contributed by atoms with Crippen molar-refractivity contribution < 1.29 is 17.1 Å². The molecule has 0 atom stereocenters. The van der Waals surface area contributed by atoms with Crippen molar-refractivity contribution in [1.29, 1.82) is 0 Å². The van der Waals surface area contributed by atoms with Gasteiger partial charge in [-0.3, -0.25) is 9.97 Å². The van der Waals surface area contributed by atoms with E-state index < -0.39 is 0 Å². The van der Waals surface area contributed by atoms with Crippen molar-refractivity contribution in [3.05, 3.63) is 48.5 Å². The molecule has 0 aliphatic carbocycles. The van der Waals surface area contributed by atoms with Crippen LogP contribution in [-0.2, 0) is 42.3 Å². The SMILES string of the molecule is [Cu+2].[S-]c1nc2ccccc2s1.[S-]c1nc2ccccc2s1. The van der Waals surface area contributed by atoms with Gasteiger partial charge in [0, 0.05) is 0 Å². The molecule has 2 heterocycles. The van der Waals surface area contributed by atoms with Crippen LogP contribution in [0.15, 0.2) is 57.2 Å². The number of hydrogen-bond donors (Lipinski definition) is 0. The summed E-state index contributed by atoms with van der Waals surface area (Å²) in [4.78, 5) is 8.29. The fourth-order valence-corrected chi connectivity index (χ4v) is 3.83. The van der Waals surface area contributed by atoms with Crippen LogP contribution in [0.4, 0.5) is 0 Å². The van der Waals surface area contributed by atoms with Crippen molar-refractivity contribution in [3.8, 4) is 0 Å². The Bertz CT molecular complexity index is 718. The van der Waals surface area contributed by atoms with Gasteiger partial charge in [0.25, 0.3) is 0 Å². The van der Waals surface area contributed by atoms with E-state index in [9.17, 15) is 0 Å². The molecular weight excluding hydrogens is 388 g/mol. The maximum atomic E-state index is 4.92. The number of nitrogens with zero attached hydrogens (tertiary/aromatic N) is 2. The van der Waals surface area contributed by atoms with Crippen molar-refractivity contribution in [1.82, 2.24) is 9.97 Å². The van der Waals surface area contributed by atoms with Crippen LogP contribution >= 0.6 is 22.7 Å². The number of thiazole rings is 2. The molecule has 4 aromatic rings. The third kappa shape index (κ3) is 4.09. The first-order valence-electron chi connectivity index (χ1n) is 5.77. The summed E-state index contributed by atoms with van der Waals surface area (Å²) in [5, 5.41) is 0. The topological polar surface area (TPSA) is 25.8 Å². The Balaban J connectivity index is 0.000000147. The molecule has 109 valence electrons. The van der Waals surface area contributed by atoms with Crippen LogP contribution in [0.2, 0.25) is 0 Å². The van der Waals surface area contributed by atoms with Crippen LogP contribution in [0.3, 0.4) is 0 Å². The van der Waals surface area contributed by atoms with E-state index in [1.807, 2.05) is 48.5 Å². The van der Waals surface area contributed by atoms with E-state index in [1.165, 1.54) is 9.40 Å². The van der Waals surface area contributed by atoms with Gasteiger partial charge in [-0.1, -0.05) is 36.4 Å². The fourth-order valence-electron chi connectivity index (χ4n) is 1.70. The van der Waals surface area contributed by atoms with Gasteiger partial charge in [-0.05, 0) is 30.2 Å². The van der Waals surface area contributed by atoms with Crippen molar-refractivity contribution in [2.24, 2.45) is 0 Å². The number of hydrogen-bond acceptors (Lipinski definition) is 6. The maximum Gasteiger partial charge on any atom is 2.00 e. The first-order chi connectivity index (χ1) is 9.72. The van der Waals surface area contributed by atoms with E-state index in [4.69, 9.17) is 25.3 Å². The number of para-hydroxylation sites is 2. The Hall–Kier alpha value is -0.821. The molecule has 2 nitrogen and oxygen atoms in total. The quantitative estimate of drug-likeness (QED) is 0.325. The van der Waals surface area contributed by atoms with E-state index >= 15 is 0 Å². The van der Waals surface area contributed by atoms with E-state index in [0.29, 0.717) is 0 Å². The Kier molecular flexibility index (Phi) is 5.87. The van der Waals surface area contributed by atoms with Gasteiger partial charge in [0.2, 0.25) is 0 Å². The van der Waals surface area contributed by atoms with Gasteiger partial charge in [0.05, 0.1) is 11.0 Å². The first kappa shape index (κ1) is 16.5. The van der Waals surface area contributed by atoms with E-state index in [1.54, 1.807) is 22.7 Å². The molecule has 7 heteroatoms. The third-order valence-corrected chi connectivity index (χ3v) is 4.89. The molecule has 0 aliphatic rings. The van der Waals surface area contributed by atoms with E-state index in [-0.39, 0.29) is 17.1 Å². The molecule has 0 amide bonds. The Morgan fingerprint density at radius 2 is 1.05 bits per heavy atom. The molecule has 2 aromatic carbocycles. The molecule has 0 saturated carbocycles. The van der Waals surface area contributed by atoms with Gasteiger partial charge >= 0.3 is 17.1 Å². The summed E-state index contributed by atoms with van der Waals surface area (Å²) in [6.07, 6.45) is 0. The number of rotatable bonds is 0. The van der Waals surface area contributed by atoms with Crippen molar-refractivity contribution in [2.45, 2.75) is 8.68 Å². The van der Waals surface area contributed by atoms with Crippen LogP contribution < -0.4 is 0 Å². The second kappa shape index (κ2) is 7.44. The number of fused-ring (bicyclic) bond motifs is 2. The summed E-state index contributed by atoms with van der Waals surface area (Å²) in [5.41, 5.74) is 2.02. The van der Waals surface area contributed by atoms with Crippen LogP contribution in [0.5, 0.6) is 0 Å². The van der Waals surface area contributed by atoms with Crippen LogP contribution in [0.25, 0.3) is 20.4 Å². The zero-order valence-electron chi connectivity index (χ0n) is 10.4.